The molecule has 0 fully saturated rings. The summed E-state index contributed by atoms with van der Waals surface area (Å²) in [7, 11) is 1.71. The van der Waals surface area contributed by atoms with E-state index in [0.717, 1.165) is 24.2 Å². The van der Waals surface area contributed by atoms with Crippen LogP contribution in [0.4, 0.5) is 5.95 Å². The SMILES string of the molecule is COc1ccc(/C=C(\C)Cn2ccnc2[N+](=O)[O-])c2c1CCCC2. The summed E-state index contributed by atoms with van der Waals surface area (Å²) in [5.41, 5.74) is 4.89. The molecule has 0 aliphatic heterocycles. The molecule has 1 aliphatic rings. The van der Waals surface area contributed by atoms with E-state index in [9.17, 15) is 10.1 Å². The van der Waals surface area contributed by atoms with Gasteiger partial charge in [-0.15, -0.1) is 0 Å². The lowest BCUT2D eigenvalue weighted by molar-refractivity contribution is -0.396. The fraction of sp³-hybridized carbons (Fsp3) is 0.389. The molecular weight excluding hydrogens is 306 g/mol. The largest absolute Gasteiger partial charge is 0.496 e. The van der Waals surface area contributed by atoms with Crippen LogP contribution in [0.5, 0.6) is 5.75 Å². The van der Waals surface area contributed by atoms with Gasteiger partial charge in [0.05, 0.1) is 13.7 Å². The minimum atomic E-state index is -0.456. The number of hydrogen-bond donors (Lipinski definition) is 0. The molecule has 1 heterocycles. The third-order valence-corrected chi connectivity index (χ3v) is 4.43. The molecular formula is C18H21N3O3. The van der Waals surface area contributed by atoms with Gasteiger partial charge in [0.1, 0.15) is 18.1 Å². The first-order valence-electron chi connectivity index (χ1n) is 8.11. The predicted octanol–water partition coefficient (Wildman–Crippen LogP) is 3.78. The van der Waals surface area contributed by atoms with E-state index in [1.165, 1.54) is 35.7 Å². The van der Waals surface area contributed by atoms with Gasteiger partial charge in [0.2, 0.25) is 0 Å². The molecule has 0 amide bonds. The first kappa shape index (κ1) is 16.2. The molecule has 0 atom stereocenters. The monoisotopic (exact) mass is 327 g/mol. The van der Waals surface area contributed by atoms with Crippen molar-refractivity contribution >= 4 is 12.0 Å². The van der Waals surface area contributed by atoms with Crippen LogP contribution in [0.15, 0.2) is 30.1 Å². The average molecular weight is 327 g/mol. The lowest BCUT2D eigenvalue weighted by Crippen LogP contribution is -2.07. The lowest BCUT2D eigenvalue weighted by Gasteiger charge is -2.21. The molecule has 0 radical (unpaired) electrons. The van der Waals surface area contributed by atoms with Gasteiger partial charge in [-0.05, 0) is 65.9 Å². The molecule has 2 aromatic rings. The van der Waals surface area contributed by atoms with Gasteiger partial charge >= 0.3 is 5.95 Å². The summed E-state index contributed by atoms with van der Waals surface area (Å²) in [5, 5.41) is 11.0. The summed E-state index contributed by atoms with van der Waals surface area (Å²) in [6.07, 6.45) is 9.69. The molecule has 0 saturated carbocycles. The highest BCUT2D eigenvalue weighted by molar-refractivity contribution is 5.61. The standard InChI is InChI=1S/C18H21N3O3/c1-13(12-20-10-9-19-18(20)21(22)23)11-14-7-8-17(24-2)16-6-4-3-5-15(14)16/h7-11H,3-6,12H2,1-2H3/b13-11+. The number of nitrogens with zero attached hydrogens (tertiary/aromatic N) is 3. The molecule has 1 aliphatic carbocycles. The zero-order chi connectivity index (χ0) is 17.1. The van der Waals surface area contributed by atoms with Gasteiger partial charge in [-0.1, -0.05) is 17.1 Å². The number of methoxy groups -OCH3 is 1. The topological polar surface area (TPSA) is 70.2 Å². The highest BCUT2D eigenvalue weighted by atomic mass is 16.6. The summed E-state index contributed by atoms with van der Waals surface area (Å²) in [6.45, 7) is 2.44. The maximum absolute atomic E-state index is 11.0. The zero-order valence-electron chi connectivity index (χ0n) is 14.0. The molecule has 0 bridgehead atoms. The molecule has 0 saturated heterocycles. The number of hydrogen-bond acceptors (Lipinski definition) is 4. The Morgan fingerprint density at radius 1 is 1.38 bits per heavy atom. The molecule has 0 N–H and O–H groups in total. The second kappa shape index (κ2) is 6.86. The lowest BCUT2D eigenvalue weighted by atomic mass is 9.87. The first-order chi connectivity index (χ1) is 11.6. The maximum Gasteiger partial charge on any atom is 0.434 e. The van der Waals surface area contributed by atoms with Crippen LogP contribution >= 0.6 is 0 Å². The van der Waals surface area contributed by atoms with Gasteiger partial charge in [0.25, 0.3) is 0 Å². The summed E-state index contributed by atoms with van der Waals surface area (Å²) in [6, 6.07) is 4.09. The first-order valence-corrected chi connectivity index (χ1v) is 8.11. The van der Waals surface area contributed by atoms with Crippen molar-refractivity contribution in [3.63, 3.8) is 0 Å². The smallest absolute Gasteiger partial charge is 0.434 e. The van der Waals surface area contributed by atoms with Crippen LogP contribution in [0.25, 0.3) is 6.08 Å². The number of allylic oxidation sites excluding steroid dienone is 1. The molecule has 0 spiro atoms. The number of ether oxygens (including phenoxy) is 1. The number of aromatic nitrogens is 2. The van der Waals surface area contributed by atoms with Crippen molar-refractivity contribution in [2.45, 2.75) is 39.2 Å². The van der Waals surface area contributed by atoms with Crippen LogP contribution in [0.1, 0.15) is 36.5 Å². The van der Waals surface area contributed by atoms with Crippen molar-refractivity contribution in [3.05, 3.63) is 56.9 Å². The second-order valence-electron chi connectivity index (χ2n) is 6.12. The Kier molecular flexibility index (Phi) is 4.64. The Morgan fingerprint density at radius 3 is 2.83 bits per heavy atom. The summed E-state index contributed by atoms with van der Waals surface area (Å²) in [4.78, 5) is 14.3. The van der Waals surface area contributed by atoms with E-state index in [1.54, 1.807) is 17.9 Å². The molecule has 24 heavy (non-hydrogen) atoms. The van der Waals surface area contributed by atoms with Crippen molar-refractivity contribution in [2.24, 2.45) is 0 Å². The van der Waals surface area contributed by atoms with Gasteiger partial charge in [0, 0.05) is 0 Å². The highest BCUT2D eigenvalue weighted by Crippen LogP contribution is 2.33. The van der Waals surface area contributed by atoms with E-state index in [1.807, 2.05) is 13.0 Å². The summed E-state index contributed by atoms with van der Waals surface area (Å²) in [5.74, 6) is 0.837. The molecule has 6 heteroatoms. The quantitative estimate of drug-likeness (QED) is 0.619. The van der Waals surface area contributed by atoms with Crippen LogP contribution < -0.4 is 4.74 Å². The molecule has 126 valence electrons. The minimum absolute atomic E-state index is 0.125. The molecule has 3 rings (SSSR count). The van der Waals surface area contributed by atoms with Crippen LogP contribution in [-0.4, -0.2) is 21.6 Å². The molecule has 0 unspecified atom stereocenters. The van der Waals surface area contributed by atoms with E-state index in [2.05, 4.69) is 17.1 Å². The van der Waals surface area contributed by atoms with Gasteiger partial charge in [-0.2, -0.15) is 0 Å². The van der Waals surface area contributed by atoms with Crippen molar-refractivity contribution < 1.29 is 9.66 Å². The number of rotatable bonds is 5. The van der Waals surface area contributed by atoms with Gasteiger partial charge in [-0.25, -0.2) is 4.57 Å². The predicted molar refractivity (Wildman–Crippen MR) is 92.2 cm³/mol. The van der Waals surface area contributed by atoms with E-state index >= 15 is 0 Å². The maximum atomic E-state index is 11.0. The Morgan fingerprint density at radius 2 is 2.12 bits per heavy atom. The van der Waals surface area contributed by atoms with Gasteiger partial charge in [0.15, 0.2) is 0 Å². The van der Waals surface area contributed by atoms with E-state index in [0.29, 0.717) is 6.54 Å². The third-order valence-electron chi connectivity index (χ3n) is 4.43. The van der Waals surface area contributed by atoms with Crippen molar-refractivity contribution in [3.8, 4) is 5.75 Å². The van der Waals surface area contributed by atoms with Crippen LogP contribution in [0.3, 0.4) is 0 Å². The molecule has 1 aromatic heterocycles. The minimum Gasteiger partial charge on any atom is -0.496 e. The van der Waals surface area contributed by atoms with Gasteiger partial charge in [-0.3, -0.25) is 0 Å². The van der Waals surface area contributed by atoms with E-state index in [-0.39, 0.29) is 5.95 Å². The third kappa shape index (κ3) is 3.18. The molecule has 6 nitrogen and oxygen atoms in total. The highest BCUT2D eigenvalue weighted by Gasteiger charge is 2.18. The molecule has 1 aromatic carbocycles. The van der Waals surface area contributed by atoms with Crippen molar-refractivity contribution in [1.29, 1.82) is 0 Å². The fourth-order valence-electron chi connectivity index (χ4n) is 3.37. The average Bonchev–Trinajstić information content (AvgIpc) is 3.03. The fourth-order valence-corrected chi connectivity index (χ4v) is 3.37. The number of nitro groups is 1. The Hall–Kier alpha value is -2.63. The van der Waals surface area contributed by atoms with Gasteiger partial charge < -0.3 is 14.9 Å². The number of benzene rings is 1. The zero-order valence-corrected chi connectivity index (χ0v) is 14.0. The van der Waals surface area contributed by atoms with Crippen molar-refractivity contribution in [1.82, 2.24) is 9.55 Å². The summed E-state index contributed by atoms with van der Waals surface area (Å²) >= 11 is 0. The van der Waals surface area contributed by atoms with E-state index < -0.39 is 4.92 Å². The Bertz CT molecular complexity index is 793. The van der Waals surface area contributed by atoms with E-state index in [4.69, 9.17) is 4.74 Å². The van der Waals surface area contributed by atoms with Crippen LogP contribution in [0.2, 0.25) is 0 Å². The number of imidazole rings is 1. The Balaban J connectivity index is 1.90. The van der Waals surface area contributed by atoms with Crippen LogP contribution in [-0.2, 0) is 19.4 Å². The Labute approximate surface area is 140 Å². The second-order valence-corrected chi connectivity index (χ2v) is 6.12. The normalized spacial score (nSPS) is 14.3. The van der Waals surface area contributed by atoms with Crippen LogP contribution in [0, 0.1) is 10.1 Å². The summed E-state index contributed by atoms with van der Waals surface area (Å²) < 4.78 is 7.05. The number of fused-ring (bicyclic) bond motifs is 1. The van der Waals surface area contributed by atoms with Crippen molar-refractivity contribution in [2.75, 3.05) is 7.11 Å².